The van der Waals surface area contributed by atoms with Crippen LogP contribution in [0.1, 0.15) is 45.1 Å². The summed E-state index contributed by atoms with van der Waals surface area (Å²) < 4.78 is 0.805. The molecule has 0 radical (unpaired) electrons. The minimum absolute atomic E-state index is 0.0944. The third kappa shape index (κ3) is 5.20. The second kappa shape index (κ2) is 8.86. The molecule has 2 aromatic rings. The first-order chi connectivity index (χ1) is 12.5. The molecule has 1 heterocycles. The number of hydrogen-bond donors (Lipinski definition) is 2. The van der Waals surface area contributed by atoms with E-state index in [1.807, 2.05) is 19.1 Å². The first kappa shape index (κ1) is 19.2. The summed E-state index contributed by atoms with van der Waals surface area (Å²) in [5.74, 6) is 0.661. The average Bonchev–Trinajstić information content (AvgIpc) is 3.06. The van der Waals surface area contributed by atoms with Gasteiger partial charge in [0.05, 0.1) is 5.25 Å². The molecule has 7 heteroatoms. The summed E-state index contributed by atoms with van der Waals surface area (Å²) in [6, 6.07) is 8.46. The quantitative estimate of drug-likeness (QED) is 0.696. The zero-order chi connectivity index (χ0) is 18.5. The molecule has 26 heavy (non-hydrogen) atoms. The van der Waals surface area contributed by atoms with Gasteiger partial charge in [0.25, 0.3) is 0 Å². The average molecular weight is 391 g/mol. The zero-order valence-corrected chi connectivity index (χ0v) is 17.1. The van der Waals surface area contributed by atoms with Gasteiger partial charge < -0.3 is 10.6 Å². The second-order valence-electron chi connectivity index (χ2n) is 7.00. The van der Waals surface area contributed by atoms with Crippen molar-refractivity contribution in [2.45, 2.75) is 62.1 Å². The van der Waals surface area contributed by atoms with Crippen molar-refractivity contribution < 1.29 is 4.79 Å². The van der Waals surface area contributed by atoms with Crippen molar-refractivity contribution in [3.8, 4) is 0 Å². The molecule has 1 aromatic carbocycles. The molecule has 0 spiro atoms. The molecule has 3 atom stereocenters. The molecule has 3 unspecified atom stereocenters. The summed E-state index contributed by atoms with van der Waals surface area (Å²) in [6.45, 7) is 6.22. The molecule has 0 saturated heterocycles. The number of amides is 1. The molecule has 1 aromatic heterocycles. The highest BCUT2D eigenvalue weighted by molar-refractivity contribution is 8.02. The Bertz CT molecular complexity index is 731. The number of aromatic nitrogens is 2. The summed E-state index contributed by atoms with van der Waals surface area (Å²) in [4.78, 5) is 12.5. The highest BCUT2D eigenvalue weighted by Crippen LogP contribution is 2.31. The van der Waals surface area contributed by atoms with Crippen LogP contribution in [0.4, 0.5) is 10.8 Å². The maximum Gasteiger partial charge on any atom is 0.233 e. The number of rotatable bonds is 6. The topological polar surface area (TPSA) is 66.9 Å². The van der Waals surface area contributed by atoms with Gasteiger partial charge in [-0.1, -0.05) is 60.6 Å². The van der Waals surface area contributed by atoms with Crippen LogP contribution in [0, 0.1) is 12.8 Å². The summed E-state index contributed by atoms with van der Waals surface area (Å²) in [5.41, 5.74) is 2.21. The van der Waals surface area contributed by atoms with Crippen molar-refractivity contribution in [2.75, 3.05) is 5.32 Å². The number of nitrogens with one attached hydrogen (secondary N) is 2. The predicted molar refractivity (Wildman–Crippen MR) is 109 cm³/mol. The molecule has 0 aliphatic heterocycles. The zero-order valence-electron chi connectivity index (χ0n) is 15.5. The van der Waals surface area contributed by atoms with Crippen LogP contribution in [0.25, 0.3) is 0 Å². The van der Waals surface area contributed by atoms with Crippen molar-refractivity contribution in [3.63, 3.8) is 0 Å². The first-order valence-electron chi connectivity index (χ1n) is 9.15. The molecular weight excluding hydrogens is 364 g/mol. The van der Waals surface area contributed by atoms with Gasteiger partial charge in [-0.15, -0.1) is 10.2 Å². The number of nitrogens with zero attached hydrogens (tertiary/aromatic N) is 2. The van der Waals surface area contributed by atoms with Gasteiger partial charge in [-0.05, 0) is 44.7 Å². The Kier molecular flexibility index (Phi) is 6.53. The largest absolute Gasteiger partial charge is 0.352 e. The Morgan fingerprint density at radius 3 is 2.69 bits per heavy atom. The number of thioether (sulfide) groups is 1. The number of benzene rings is 1. The monoisotopic (exact) mass is 390 g/mol. The SMILES string of the molecule is Cc1ccc(Nc2nnc(SC(C)C(=O)NC3CCCCC3C)s2)cc1. The highest BCUT2D eigenvalue weighted by atomic mass is 32.2. The van der Waals surface area contributed by atoms with Gasteiger partial charge in [-0.3, -0.25) is 4.79 Å². The van der Waals surface area contributed by atoms with E-state index in [2.05, 4.69) is 46.8 Å². The van der Waals surface area contributed by atoms with E-state index in [9.17, 15) is 4.79 Å². The van der Waals surface area contributed by atoms with Crippen molar-refractivity contribution >= 4 is 39.8 Å². The van der Waals surface area contributed by atoms with Crippen molar-refractivity contribution in [2.24, 2.45) is 5.92 Å². The van der Waals surface area contributed by atoms with E-state index >= 15 is 0 Å². The molecular formula is C19H26N4OS2. The molecule has 1 fully saturated rings. The Morgan fingerprint density at radius 1 is 1.23 bits per heavy atom. The lowest BCUT2D eigenvalue weighted by molar-refractivity contribution is -0.121. The lowest BCUT2D eigenvalue weighted by atomic mass is 9.86. The van der Waals surface area contributed by atoms with Crippen LogP contribution >= 0.6 is 23.1 Å². The van der Waals surface area contributed by atoms with Crippen LogP contribution in [-0.4, -0.2) is 27.4 Å². The third-order valence-corrected chi connectivity index (χ3v) is 6.82. The van der Waals surface area contributed by atoms with Crippen LogP contribution < -0.4 is 10.6 Å². The number of carbonyl (C=O) groups is 1. The first-order valence-corrected chi connectivity index (χ1v) is 10.8. The minimum atomic E-state index is -0.177. The second-order valence-corrected chi connectivity index (χ2v) is 9.57. The van der Waals surface area contributed by atoms with E-state index in [0.29, 0.717) is 12.0 Å². The van der Waals surface area contributed by atoms with Gasteiger partial charge in [0, 0.05) is 11.7 Å². The van der Waals surface area contributed by atoms with E-state index in [-0.39, 0.29) is 11.2 Å². The van der Waals surface area contributed by atoms with Crippen molar-refractivity contribution in [3.05, 3.63) is 29.8 Å². The molecule has 2 N–H and O–H groups in total. The highest BCUT2D eigenvalue weighted by Gasteiger charge is 2.25. The summed E-state index contributed by atoms with van der Waals surface area (Å²) in [6.07, 6.45) is 4.78. The van der Waals surface area contributed by atoms with Gasteiger partial charge in [0.15, 0.2) is 4.34 Å². The van der Waals surface area contributed by atoms with Crippen LogP contribution in [-0.2, 0) is 4.79 Å². The van der Waals surface area contributed by atoms with E-state index in [1.54, 1.807) is 0 Å². The fraction of sp³-hybridized carbons (Fsp3) is 0.526. The van der Waals surface area contributed by atoms with E-state index < -0.39 is 0 Å². The van der Waals surface area contributed by atoms with Gasteiger partial charge in [0.1, 0.15) is 0 Å². The normalized spacial score (nSPS) is 21.2. The molecule has 140 valence electrons. The number of aryl methyl sites for hydroxylation is 1. The Morgan fingerprint density at radius 2 is 1.96 bits per heavy atom. The van der Waals surface area contributed by atoms with Gasteiger partial charge in [0.2, 0.25) is 11.0 Å². The van der Waals surface area contributed by atoms with E-state index in [4.69, 9.17) is 0 Å². The van der Waals surface area contributed by atoms with Crippen LogP contribution in [0.5, 0.6) is 0 Å². The molecule has 1 saturated carbocycles. The smallest absolute Gasteiger partial charge is 0.233 e. The molecule has 1 amide bonds. The van der Waals surface area contributed by atoms with Gasteiger partial charge in [-0.25, -0.2) is 0 Å². The Hall–Kier alpha value is -1.60. The van der Waals surface area contributed by atoms with Gasteiger partial charge in [-0.2, -0.15) is 0 Å². The number of anilines is 2. The molecule has 3 rings (SSSR count). The maximum atomic E-state index is 12.5. The molecule has 1 aliphatic rings. The molecule has 0 bridgehead atoms. The van der Waals surface area contributed by atoms with Crippen LogP contribution in [0.3, 0.4) is 0 Å². The third-order valence-electron chi connectivity index (χ3n) is 4.80. The lowest BCUT2D eigenvalue weighted by Crippen LogP contribution is -2.44. The maximum absolute atomic E-state index is 12.5. The van der Waals surface area contributed by atoms with Crippen molar-refractivity contribution in [1.82, 2.24) is 15.5 Å². The fourth-order valence-corrected chi connectivity index (χ4v) is 5.03. The summed E-state index contributed by atoms with van der Waals surface area (Å²) in [5, 5.41) is 15.4. The van der Waals surface area contributed by atoms with E-state index in [0.717, 1.165) is 21.6 Å². The Balaban J connectivity index is 1.52. The van der Waals surface area contributed by atoms with Crippen molar-refractivity contribution in [1.29, 1.82) is 0 Å². The minimum Gasteiger partial charge on any atom is -0.352 e. The summed E-state index contributed by atoms with van der Waals surface area (Å²) >= 11 is 2.94. The number of hydrogen-bond acceptors (Lipinski definition) is 6. The summed E-state index contributed by atoms with van der Waals surface area (Å²) in [7, 11) is 0. The fourth-order valence-electron chi connectivity index (χ4n) is 3.10. The predicted octanol–water partition coefficient (Wildman–Crippen LogP) is 4.77. The number of carbonyl (C=O) groups excluding carboxylic acids is 1. The van der Waals surface area contributed by atoms with Crippen LogP contribution in [0.2, 0.25) is 0 Å². The lowest BCUT2D eigenvalue weighted by Gasteiger charge is -2.30. The Labute approximate surface area is 163 Å². The molecule has 5 nitrogen and oxygen atoms in total. The molecule has 1 aliphatic carbocycles. The van der Waals surface area contributed by atoms with Gasteiger partial charge >= 0.3 is 0 Å². The van der Waals surface area contributed by atoms with Crippen LogP contribution in [0.15, 0.2) is 28.6 Å². The standard InChI is InChI=1S/C19H26N4OS2/c1-12-8-10-15(11-9-12)20-18-22-23-19(26-18)25-14(3)17(24)21-16-7-5-4-6-13(16)2/h8-11,13-14,16H,4-7H2,1-3H3,(H,20,22)(H,21,24). The van der Waals surface area contributed by atoms with E-state index in [1.165, 1.54) is 47.9 Å².